The third-order valence-corrected chi connectivity index (χ3v) is 4.36. The number of halogens is 1. The molecular formula is C22H35ClN4O. The maximum Gasteiger partial charge on any atom is 0.146 e. The number of rotatable bonds is 10. The van der Waals surface area contributed by atoms with Crippen molar-refractivity contribution in [3.8, 4) is 5.75 Å². The molecule has 28 heavy (non-hydrogen) atoms. The van der Waals surface area contributed by atoms with Gasteiger partial charge in [0.1, 0.15) is 11.4 Å². The predicted octanol–water partition coefficient (Wildman–Crippen LogP) is 7.23. The highest BCUT2D eigenvalue weighted by Crippen LogP contribution is 2.31. The zero-order chi connectivity index (χ0) is 18.8. The highest BCUT2D eigenvalue weighted by molar-refractivity contribution is 5.85. The van der Waals surface area contributed by atoms with Gasteiger partial charge in [-0.15, -0.1) is 17.5 Å². The second-order valence-electron chi connectivity index (χ2n) is 6.49. The summed E-state index contributed by atoms with van der Waals surface area (Å²) in [6, 6.07) is 14.2. The maximum atomic E-state index is 6.30. The lowest BCUT2D eigenvalue weighted by Gasteiger charge is -2.14. The van der Waals surface area contributed by atoms with E-state index in [-0.39, 0.29) is 24.6 Å². The van der Waals surface area contributed by atoms with Crippen LogP contribution in [0.1, 0.15) is 63.6 Å². The molecule has 0 saturated carbocycles. The van der Waals surface area contributed by atoms with Crippen molar-refractivity contribution in [3.63, 3.8) is 0 Å². The van der Waals surface area contributed by atoms with Crippen molar-refractivity contribution in [3.05, 3.63) is 53.6 Å². The highest BCUT2D eigenvalue weighted by Gasteiger charge is 2.09. The molecule has 2 rings (SSSR count). The lowest BCUT2D eigenvalue weighted by Crippen LogP contribution is -2.10. The van der Waals surface area contributed by atoms with Gasteiger partial charge in [-0.1, -0.05) is 51.0 Å². The van der Waals surface area contributed by atoms with Gasteiger partial charge in [-0.05, 0) is 55.5 Å². The fourth-order valence-electron chi connectivity index (χ4n) is 2.90. The zero-order valence-electron chi connectivity index (χ0n) is 17.4. The maximum absolute atomic E-state index is 6.30. The lowest BCUT2D eigenvalue weighted by molar-refractivity contribution is 0.341. The van der Waals surface area contributed by atoms with E-state index < -0.39 is 0 Å². The van der Waals surface area contributed by atoms with E-state index in [1.54, 1.807) is 0 Å². The van der Waals surface area contributed by atoms with Gasteiger partial charge in [0.2, 0.25) is 0 Å². The molecule has 0 aromatic heterocycles. The molecule has 2 aromatic carbocycles. The topological polar surface area (TPSA) is 95.0 Å². The average molecular weight is 407 g/mol. The standard InChI is InChI=1S/C22H31N3O.ClH.H3N/c1-4-7-11-18-16-17(19(23)10-5-2)14-15-20(18)24-25-21-12-8-9-13-22(21)26-6-3;;/h8-9,12-16,19H,4-7,10-11,23H2,1-3H3;1H;1H3. The van der Waals surface area contributed by atoms with E-state index in [9.17, 15) is 0 Å². The van der Waals surface area contributed by atoms with E-state index in [2.05, 4.69) is 36.2 Å². The summed E-state index contributed by atoms with van der Waals surface area (Å²) < 4.78 is 5.63. The summed E-state index contributed by atoms with van der Waals surface area (Å²) in [6.07, 6.45) is 5.35. The summed E-state index contributed by atoms with van der Waals surface area (Å²) >= 11 is 0. The fraction of sp³-hybridized carbons (Fsp3) is 0.455. The molecule has 0 fully saturated rings. The Kier molecular flexibility index (Phi) is 13.1. The first-order chi connectivity index (χ1) is 12.7. The number of hydrogen-bond donors (Lipinski definition) is 2. The summed E-state index contributed by atoms with van der Waals surface area (Å²) in [7, 11) is 0. The van der Waals surface area contributed by atoms with Crippen LogP contribution in [0.3, 0.4) is 0 Å². The van der Waals surface area contributed by atoms with Gasteiger partial charge in [0.15, 0.2) is 0 Å². The molecule has 156 valence electrons. The molecule has 0 aliphatic rings. The van der Waals surface area contributed by atoms with Gasteiger partial charge < -0.3 is 16.6 Å². The van der Waals surface area contributed by atoms with Crippen LogP contribution in [-0.2, 0) is 6.42 Å². The minimum absolute atomic E-state index is 0. The van der Waals surface area contributed by atoms with Crippen LogP contribution >= 0.6 is 12.4 Å². The van der Waals surface area contributed by atoms with E-state index in [1.165, 1.54) is 11.1 Å². The van der Waals surface area contributed by atoms with Gasteiger partial charge in [0.05, 0.1) is 12.3 Å². The first-order valence-corrected chi connectivity index (χ1v) is 9.71. The SMILES string of the molecule is CCCCc1cc(C(N)CCC)ccc1N=Nc1ccccc1OCC.Cl.N. The largest absolute Gasteiger partial charge is 0.492 e. The van der Waals surface area contributed by atoms with Gasteiger partial charge in [0.25, 0.3) is 0 Å². The van der Waals surface area contributed by atoms with Crippen LogP contribution < -0.4 is 16.6 Å². The number of aryl methyl sites for hydroxylation is 1. The van der Waals surface area contributed by atoms with Crippen LogP contribution in [0.15, 0.2) is 52.7 Å². The Morgan fingerprint density at radius 3 is 2.36 bits per heavy atom. The number of ether oxygens (including phenoxy) is 1. The normalized spacial score (nSPS) is 11.6. The van der Waals surface area contributed by atoms with E-state index in [1.807, 2.05) is 37.3 Å². The number of azo groups is 1. The van der Waals surface area contributed by atoms with E-state index in [4.69, 9.17) is 10.5 Å². The van der Waals surface area contributed by atoms with Crippen molar-refractivity contribution in [2.45, 2.75) is 58.9 Å². The number of hydrogen-bond acceptors (Lipinski definition) is 5. The summed E-state index contributed by atoms with van der Waals surface area (Å²) in [5.74, 6) is 0.760. The number of unbranched alkanes of at least 4 members (excludes halogenated alkanes) is 1. The van der Waals surface area contributed by atoms with Gasteiger partial charge in [0, 0.05) is 6.04 Å². The number of benzene rings is 2. The molecule has 5 nitrogen and oxygen atoms in total. The van der Waals surface area contributed by atoms with Gasteiger partial charge in [-0.25, -0.2) is 0 Å². The van der Waals surface area contributed by atoms with E-state index in [0.717, 1.165) is 49.2 Å². The smallest absolute Gasteiger partial charge is 0.146 e. The molecule has 0 aliphatic carbocycles. The monoisotopic (exact) mass is 406 g/mol. The molecule has 1 unspecified atom stereocenters. The van der Waals surface area contributed by atoms with Crippen LogP contribution in [-0.4, -0.2) is 6.61 Å². The molecule has 0 bridgehead atoms. The van der Waals surface area contributed by atoms with Crippen LogP contribution in [0.4, 0.5) is 11.4 Å². The summed E-state index contributed by atoms with van der Waals surface area (Å²) in [6.45, 7) is 6.94. The molecule has 1 atom stereocenters. The van der Waals surface area contributed by atoms with Gasteiger partial charge >= 0.3 is 0 Å². The van der Waals surface area contributed by atoms with E-state index in [0.29, 0.717) is 6.61 Å². The van der Waals surface area contributed by atoms with Gasteiger partial charge in [-0.2, -0.15) is 5.11 Å². The highest BCUT2D eigenvalue weighted by atomic mass is 35.5. The Bertz CT molecular complexity index is 721. The zero-order valence-corrected chi connectivity index (χ0v) is 18.2. The Morgan fingerprint density at radius 1 is 0.964 bits per heavy atom. The second-order valence-corrected chi connectivity index (χ2v) is 6.49. The van der Waals surface area contributed by atoms with Crippen LogP contribution in [0.25, 0.3) is 0 Å². The average Bonchev–Trinajstić information content (AvgIpc) is 2.66. The Labute approximate surface area is 175 Å². The number of nitrogens with two attached hydrogens (primary N) is 1. The quantitative estimate of drug-likeness (QED) is 0.407. The molecule has 0 saturated heterocycles. The first kappa shape index (κ1) is 26.1. The Balaban J connectivity index is 0.00000364. The number of para-hydroxylation sites is 1. The Hall–Kier alpha value is -1.95. The van der Waals surface area contributed by atoms with Gasteiger partial charge in [-0.3, -0.25) is 0 Å². The van der Waals surface area contributed by atoms with Crippen molar-refractivity contribution >= 4 is 23.8 Å². The molecule has 0 spiro atoms. The minimum Gasteiger partial charge on any atom is -0.492 e. The molecule has 2 aromatic rings. The summed E-state index contributed by atoms with van der Waals surface area (Å²) in [5.41, 5.74) is 10.4. The molecule has 0 heterocycles. The molecule has 6 heteroatoms. The minimum atomic E-state index is 0. The Morgan fingerprint density at radius 2 is 1.68 bits per heavy atom. The lowest BCUT2D eigenvalue weighted by atomic mass is 9.97. The second kappa shape index (κ2) is 14.1. The van der Waals surface area contributed by atoms with Crippen LogP contribution in [0.2, 0.25) is 0 Å². The molecule has 0 amide bonds. The van der Waals surface area contributed by atoms with Crippen molar-refractivity contribution in [1.29, 1.82) is 0 Å². The van der Waals surface area contributed by atoms with Crippen molar-refractivity contribution in [2.24, 2.45) is 16.0 Å². The van der Waals surface area contributed by atoms with Crippen molar-refractivity contribution in [1.82, 2.24) is 6.15 Å². The van der Waals surface area contributed by atoms with Crippen molar-refractivity contribution in [2.75, 3.05) is 6.61 Å². The third kappa shape index (κ3) is 7.58. The molecule has 0 aliphatic heterocycles. The predicted molar refractivity (Wildman–Crippen MR) is 121 cm³/mol. The van der Waals surface area contributed by atoms with Crippen LogP contribution in [0.5, 0.6) is 5.75 Å². The molecular weight excluding hydrogens is 372 g/mol. The first-order valence-electron chi connectivity index (χ1n) is 9.71. The summed E-state index contributed by atoms with van der Waals surface area (Å²) in [5, 5.41) is 8.97. The van der Waals surface area contributed by atoms with E-state index >= 15 is 0 Å². The van der Waals surface area contributed by atoms with Crippen LogP contribution in [0, 0.1) is 0 Å². The fourth-order valence-corrected chi connectivity index (χ4v) is 2.90. The third-order valence-electron chi connectivity index (χ3n) is 4.36. The van der Waals surface area contributed by atoms with Crippen molar-refractivity contribution < 1.29 is 4.74 Å². The summed E-state index contributed by atoms with van der Waals surface area (Å²) in [4.78, 5) is 0. The molecule has 5 N–H and O–H groups in total. The molecule has 0 radical (unpaired) electrons. The number of nitrogens with zero attached hydrogens (tertiary/aromatic N) is 2.